The Hall–Kier alpha value is -1.30. The van der Waals surface area contributed by atoms with Gasteiger partial charge in [0.25, 0.3) is 6.04 Å². The van der Waals surface area contributed by atoms with E-state index in [1.54, 1.807) is 12.1 Å². The fourth-order valence-corrected chi connectivity index (χ4v) is 3.72. The molecule has 0 fully saturated rings. The van der Waals surface area contributed by atoms with E-state index in [2.05, 4.69) is 12.2 Å². The second kappa shape index (κ2) is 8.52. The van der Waals surface area contributed by atoms with Crippen molar-refractivity contribution in [1.82, 2.24) is 5.32 Å². The van der Waals surface area contributed by atoms with Gasteiger partial charge in [0.1, 0.15) is 0 Å². The zero-order valence-electron chi connectivity index (χ0n) is 13.2. The average molecular weight is 368 g/mol. The van der Waals surface area contributed by atoms with E-state index in [9.17, 15) is 4.79 Å². The number of aromatic nitrogens is 1. The third kappa shape index (κ3) is 4.59. The quantitative estimate of drug-likeness (QED) is 0.456. The van der Waals surface area contributed by atoms with Gasteiger partial charge in [0, 0.05) is 18.7 Å². The first-order valence-corrected chi connectivity index (χ1v) is 9.24. The predicted molar refractivity (Wildman–Crippen MR) is 99.6 cm³/mol. The largest absolute Gasteiger partial charge is 0.374 e. The molecular weight excluding hydrogens is 348 g/mol. The van der Waals surface area contributed by atoms with Crippen LogP contribution in [0.3, 0.4) is 0 Å². The van der Waals surface area contributed by atoms with Crippen LogP contribution in [0.2, 0.25) is 4.34 Å². The summed E-state index contributed by atoms with van der Waals surface area (Å²) in [5.74, 6) is -0.0407. The van der Waals surface area contributed by atoms with Crippen LogP contribution in [-0.4, -0.2) is 17.3 Å². The number of thiophene rings is 1. The average Bonchev–Trinajstić information content (AvgIpc) is 2.96. The lowest BCUT2D eigenvalue weighted by Gasteiger charge is -2.13. The molecule has 0 aliphatic carbocycles. The highest BCUT2D eigenvalue weighted by Crippen LogP contribution is 2.24. The van der Waals surface area contributed by atoms with Gasteiger partial charge in [-0.25, -0.2) is 0 Å². The van der Waals surface area contributed by atoms with Crippen LogP contribution < -0.4 is 9.88 Å². The van der Waals surface area contributed by atoms with Gasteiger partial charge >= 0.3 is 0 Å². The molecule has 0 radical (unpaired) electrons. The van der Waals surface area contributed by atoms with Gasteiger partial charge < -0.3 is 5.32 Å². The molecule has 0 amide bonds. The first-order chi connectivity index (χ1) is 11.1. The fourth-order valence-electron chi connectivity index (χ4n) is 2.34. The number of pyridine rings is 1. The number of nitrogens with one attached hydrogen (secondary N) is 1. The number of carbonyl (C=O) groups is 1. The minimum absolute atomic E-state index is 0.0407. The normalized spacial score (nSPS) is 12.0. The van der Waals surface area contributed by atoms with Gasteiger partial charge in [-0.05, 0) is 31.0 Å². The molecule has 2 rings (SSSR count). The molecule has 0 aromatic carbocycles. The van der Waals surface area contributed by atoms with E-state index in [4.69, 9.17) is 23.8 Å². The zero-order valence-corrected chi connectivity index (χ0v) is 15.6. The first kappa shape index (κ1) is 18.0. The smallest absolute Gasteiger partial charge is 0.271 e. The Morgan fingerprint density at radius 1 is 1.30 bits per heavy atom. The molecule has 6 heteroatoms. The summed E-state index contributed by atoms with van der Waals surface area (Å²) in [6.07, 6.45) is 5.96. The molecule has 0 aliphatic heterocycles. The molecule has 2 aromatic rings. The Balaban J connectivity index is 2.33. The molecule has 0 unspecified atom stereocenters. The Kier molecular flexibility index (Phi) is 6.69. The van der Waals surface area contributed by atoms with Crippen LogP contribution in [0.5, 0.6) is 0 Å². The van der Waals surface area contributed by atoms with Gasteiger partial charge in [0.05, 0.1) is 9.21 Å². The number of ketones is 1. The molecule has 0 saturated heterocycles. The molecule has 23 heavy (non-hydrogen) atoms. The maximum absolute atomic E-state index is 12.9. The van der Waals surface area contributed by atoms with Gasteiger partial charge in [-0.15, -0.1) is 11.3 Å². The van der Waals surface area contributed by atoms with Crippen LogP contribution in [0, 0.1) is 0 Å². The topological polar surface area (TPSA) is 33.0 Å². The zero-order chi connectivity index (χ0) is 16.8. The number of halogens is 1. The van der Waals surface area contributed by atoms with Crippen LogP contribution in [0.25, 0.3) is 0 Å². The molecule has 2 aromatic heterocycles. The summed E-state index contributed by atoms with van der Waals surface area (Å²) in [7, 11) is 0. The molecule has 1 atom stereocenters. The van der Waals surface area contributed by atoms with Crippen molar-refractivity contribution in [3.8, 4) is 0 Å². The third-order valence-electron chi connectivity index (χ3n) is 3.42. The van der Waals surface area contributed by atoms with Gasteiger partial charge in [0.15, 0.2) is 17.4 Å². The van der Waals surface area contributed by atoms with Crippen molar-refractivity contribution in [2.75, 3.05) is 6.54 Å². The highest BCUT2D eigenvalue weighted by atomic mass is 35.5. The molecule has 3 nitrogen and oxygen atoms in total. The highest BCUT2D eigenvalue weighted by Gasteiger charge is 2.33. The van der Waals surface area contributed by atoms with Crippen LogP contribution >= 0.6 is 35.2 Å². The fraction of sp³-hybridized carbons (Fsp3) is 0.353. The van der Waals surface area contributed by atoms with E-state index in [1.807, 2.05) is 36.0 Å². The lowest BCUT2D eigenvalue weighted by molar-refractivity contribution is -0.692. The summed E-state index contributed by atoms with van der Waals surface area (Å²) in [6, 6.07) is 7.03. The molecular formula is C17H20ClN2OS2+. The minimum Gasteiger partial charge on any atom is -0.374 e. The molecule has 2 heterocycles. The second-order valence-electron chi connectivity index (χ2n) is 5.17. The molecule has 0 spiro atoms. The maximum atomic E-state index is 12.9. The van der Waals surface area contributed by atoms with Crippen molar-refractivity contribution in [2.45, 2.75) is 32.7 Å². The van der Waals surface area contributed by atoms with Gasteiger partial charge in [-0.2, -0.15) is 4.57 Å². The van der Waals surface area contributed by atoms with Crippen LogP contribution in [-0.2, 0) is 6.42 Å². The van der Waals surface area contributed by atoms with Crippen LogP contribution in [0.1, 0.15) is 41.5 Å². The maximum Gasteiger partial charge on any atom is 0.271 e. The van der Waals surface area contributed by atoms with E-state index in [-0.39, 0.29) is 5.78 Å². The number of Topliss-reactive ketones (excluding diaryl/α,β-unsaturated/α-hetero) is 1. The SMILES string of the molecule is CCCc1cc[n+]([C@H](C(=O)c2ccc(Cl)s2)C(=S)NCC)cc1. The van der Waals surface area contributed by atoms with Gasteiger partial charge in [-0.1, -0.05) is 37.2 Å². The molecule has 0 saturated carbocycles. The summed E-state index contributed by atoms with van der Waals surface area (Å²) in [4.78, 5) is 14.0. The number of likely N-dealkylation sites (N-methyl/N-ethyl adjacent to an activating group) is 1. The number of hydrogen-bond donors (Lipinski definition) is 1. The summed E-state index contributed by atoms with van der Waals surface area (Å²) >= 11 is 12.7. The van der Waals surface area contributed by atoms with Crippen molar-refractivity contribution in [1.29, 1.82) is 0 Å². The van der Waals surface area contributed by atoms with Crippen LogP contribution in [0.15, 0.2) is 36.7 Å². The van der Waals surface area contributed by atoms with Crippen molar-refractivity contribution < 1.29 is 9.36 Å². The van der Waals surface area contributed by atoms with E-state index in [1.165, 1.54) is 16.9 Å². The number of carbonyl (C=O) groups excluding carboxylic acids is 1. The van der Waals surface area contributed by atoms with Crippen LogP contribution in [0.4, 0.5) is 0 Å². The monoisotopic (exact) mass is 367 g/mol. The molecule has 1 N–H and O–H groups in total. The van der Waals surface area contributed by atoms with E-state index in [0.717, 1.165) is 12.8 Å². The minimum atomic E-state index is -0.546. The van der Waals surface area contributed by atoms with Crippen molar-refractivity contribution in [2.24, 2.45) is 0 Å². The third-order valence-corrected chi connectivity index (χ3v) is 5.04. The lowest BCUT2D eigenvalue weighted by atomic mass is 10.1. The molecule has 0 bridgehead atoms. The highest BCUT2D eigenvalue weighted by molar-refractivity contribution is 7.80. The summed E-state index contributed by atoms with van der Waals surface area (Å²) in [5.41, 5.74) is 1.25. The molecule has 122 valence electrons. The number of nitrogens with zero attached hydrogens (tertiary/aromatic N) is 1. The van der Waals surface area contributed by atoms with E-state index < -0.39 is 6.04 Å². The summed E-state index contributed by atoms with van der Waals surface area (Å²) < 4.78 is 2.46. The Bertz CT molecular complexity index is 682. The van der Waals surface area contributed by atoms with E-state index >= 15 is 0 Å². The van der Waals surface area contributed by atoms with Gasteiger partial charge in [-0.3, -0.25) is 4.79 Å². The van der Waals surface area contributed by atoms with E-state index in [0.29, 0.717) is 20.7 Å². The number of aryl methyl sites for hydroxylation is 1. The number of thiocarbonyl (C=S) groups is 1. The molecule has 0 aliphatic rings. The Morgan fingerprint density at radius 3 is 2.52 bits per heavy atom. The summed E-state index contributed by atoms with van der Waals surface area (Å²) in [6.45, 7) is 4.79. The Labute approximate surface area is 151 Å². The predicted octanol–water partition coefficient (Wildman–Crippen LogP) is 4.00. The second-order valence-corrected chi connectivity index (χ2v) is 7.32. The summed E-state index contributed by atoms with van der Waals surface area (Å²) in [5, 5.41) is 3.10. The standard InChI is InChI=1S/C17H19ClN2OS2/c1-3-5-12-8-10-20(11-9-12)15(17(22)19-4-2)16(21)13-6-7-14(18)23-13/h6-11,15H,3-5H2,1-2H3/p+1/t15-/m1/s1. The lowest BCUT2D eigenvalue weighted by Crippen LogP contribution is -2.51. The Morgan fingerprint density at radius 2 is 2.00 bits per heavy atom. The van der Waals surface area contributed by atoms with Gasteiger partial charge in [0.2, 0.25) is 5.78 Å². The van der Waals surface area contributed by atoms with Crippen molar-refractivity contribution in [3.05, 3.63) is 51.4 Å². The first-order valence-electron chi connectivity index (χ1n) is 7.63. The number of hydrogen-bond acceptors (Lipinski definition) is 3. The number of rotatable bonds is 7. The van der Waals surface area contributed by atoms with Crippen molar-refractivity contribution >= 4 is 45.9 Å². The van der Waals surface area contributed by atoms with Crippen molar-refractivity contribution in [3.63, 3.8) is 0 Å².